The van der Waals surface area contributed by atoms with Crippen molar-refractivity contribution < 1.29 is 43.7 Å². The summed E-state index contributed by atoms with van der Waals surface area (Å²) in [5.74, 6) is -2.35. The van der Waals surface area contributed by atoms with Gasteiger partial charge in [0.1, 0.15) is 31.1 Å². The van der Waals surface area contributed by atoms with E-state index in [1.165, 1.54) is 24.1 Å². The summed E-state index contributed by atoms with van der Waals surface area (Å²) in [6.07, 6.45) is 2.89. The predicted octanol–water partition coefficient (Wildman–Crippen LogP) is 0.847. The van der Waals surface area contributed by atoms with E-state index in [1.54, 1.807) is 52.0 Å². The van der Waals surface area contributed by atoms with Crippen LogP contribution in [-0.4, -0.2) is 106 Å². The maximum absolute atomic E-state index is 13.5. The smallest absolute Gasteiger partial charge is 0.410 e. The number of nitrogens with two attached hydrogens (primary N) is 2. The monoisotopic (exact) mass is 732 g/mol. The summed E-state index contributed by atoms with van der Waals surface area (Å²) in [4.78, 5) is 76.5. The lowest BCUT2D eigenvalue weighted by atomic mass is 10.0. The minimum atomic E-state index is -1.01. The number of amides is 7. The van der Waals surface area contributed by atoms with Crippen LogP contribution in [0.2, 0.25) is 0 Å². The molecule has 1 heterocycles. The number of hydrogen-bond donors (Lipinski definition) is 8. The average molecular weight is 733 g/mol. The number of carbonyl (C=O) groups excluding carboxylic acids is 6. The van der Waals surface area contributed by atoms with Gasteiger partial charge in [0.2, 0.25) is 23.6 Å². The third-order valence-electron chi connectivity index (χ3n) is 8.52. The van der Waals surface area contributed by atoms with Gasteiger partial charge in [0.05, 0.1) is 6.04 Å². The number of nitrogens with zero attached hydrogens (tertiary/aromatic N) is 2. The van der Waals surface area contributed by atoms with Gasteiger partial charge in [0, 0.05) is 31.9 Å². The molecule has 10 N–H and O–H groups in total. The second-order valence-electron chi connectivity index (χ2n) is 13.5. The lowest BCUT2D eigenvalue weighted by Gasteiger charge is -2.28. The lowest BCUT2D eigenvalue weighted by molar-refractivity contribution is -0.131. The molecule has 0 bridgehead atoms. The maximum atomic E-state index is 13.5. The molecule has 5 atom stereocenters. The molecule has 0 saturated carbocycles. The number of aliphatic hydroxyl groups is 2. The minimum absolute atomic E-state index is 0.0938. The van der Waals surface area contributed by atoms with Crippen LogP contribution in [0, 0.1) is 11.8 Å². The molecule has 0 aliphatic carbocycles. The van der Waals surface area contributed by atoms with Crippen LogP contribution in [0.5, 0.6) is 0 Å². The molecule has 52 heavy (non-hydrogen) atoms. The van der Waals surface area contributed by atoms with Crippen LogP contribution < -0.4 is 32.7 Å². The van der Waals surface area contributed by atoms with Crippen LogP contribution in [0.1, 0.15) is 71.8 Å². The standard InChI is InChI=1S/C35H56N8O9/c1-21(2)29(41-26(44)11-7-6-8-19-43-27(45)16-17-28(43)46)33(49)40-25(10-9-18-38-34(37)50)32(48)39-24-14-12-23(13-15-24)20-52-35(51)42(5)30(22(3)4)31(36)47/h12-17,21-22,25-27,29-30,41,44-45H,6-11,18-20H2,1-5H3,(H2,36,47)(H,39,48)(H,40,49)(H3,37,38,50)/t25?,26?,27?,29?,30-/m0/s1. The molecule has 1 aliphatic heterocycles. The van der Waals surface area contributed by atoms with E-state index in [1.807, 2.05) is 0 Å². The Labute approximate surface area is 304 Å². The molecule has 0 spiro atoms. The number of likely N-dealkylation sites (N-methyl/N-ethyl adjacent to an activating group) is 1. The Morgan fingerprint density at radius 3 is 2.17 bits per heavy atom. The average Bonchev–Trinajstić information content (AvgIpc) is 3.39. The first-order valence-electron chi connectivity index (χ1n) is 17.5. The summed E-state index contributed by atoms with van der Waals surface area (Å²) in [7, 11) is 1.44. The molecule has 1 aliphatic rings. The van der Waals surface area contributed by atoms with Crippen LogP contribution in [-0.2, 0) is 30.5 Å². The molecule has 0 saturated heterocycles. The van der Waals surface area contributed by atoms with Gasteiger partial charge >= 0.3 is 12.1 Å². The Morgan fingerprint density at radius 1 is 0.942 bits per heavy atom. The van der Waals surface area contributed by atoms with Gasteiger partial charge in [-0.15, -0.1) is 0 Å². The van der Waals surface area contributed by atoms with Gasteiger partial charge in [0.15, 0.2) is 0 Å². The van der Waals surface area contributed by atoms with Crippen LogP contribution in [0.15, 0.2) is 36.4 Å². The summed E-state index contributed by atoms with van der Waals surface area (Å²) in [6, 6.07) is 3.12. The number of carbonyl (C=O) groups is 6. The summed E-state index contributed by atoms with van der Waals surface area (Å²) in [6.45, 7) is 7.62. The van der Waals surface area contributed by atoms with Gasteiger partial charge in [-0.3, -0.25) is 29.4 Å². The number of aliphatic hydroxyl groups excluding tert-OH is 2. The van der Waals surface area contributed by atoms with Crippen molar-refractivity contribution in [3.63, 3.8) is 0 Å². The third kappa shape index (κ3) is 14.5. The largest absolute Gasteiger partial charge is 0.445 e. The van der Waals surface area contributed by atoms with Gasteiger partial charge < -0.3 is 47.3 Å². The highest BCUT2D eigenvalue weighted by molar-refractivity contribution is 5.98. The number of primary amides is 2. The quantitative estimate of drug-likeness (QED) is 0.0616. The molecule has 17 nitrogen and oxygen atoms in total. The van der Waals surface area contributed by atoms with Crippen molar-refractivity contribution in [3.05, 3.63) is 42.0 Å². The molecule has 1 aromatic rings. The number of rotatable bonds is 22. The zero-order chi connectivity index (χ0) is 39.0. The van der Waals surface area contributed by atoms with Gasteiger partial charge in [-0.05, 0) is 67.7 Å². The molecule has 1 aromatic carbocycles. The highest BCUT2D eigenvalue weighted by Crippen LogP contribution is 2.16. The number of hydrogen-bond acceptors (Lipinski definition) is 10. The van der Waals surface area contributed by atoms with Crippen molar-refractivity contribution in [2.45, 2.75) is 103 Å². The summed E-state index contributed by atoms with van der Waals surface area (Å²) in [5, 5.41) is 31.5. The molecular formula is C35H56N8O9. The van der Waals surface area contributed by atoms with E-state index >= 15 is 0 Å². The van der Waals surface area contributed by atoms with Gasteiger partial charge in [0.25, 0.3) is 0 Å². The fourth-order valence-corrected chi connectivity index (χ4v) is 5.69. The van der Waals surface area contributed by atoms with E-state index in [2.05, 4.69) is 21.3 Å². The maximum Gasteiger partial charge on any atom is 0.410 e. The normalized spacial score (nSPS) is 16.3. The molecule has 0 fully saturated rings. The van der Waals surface area contributed by atoms with Crippen molar-refractivity contribution >= 4 is 41.4 Å². The Kier molecular flexibility index (Phi) is 18.0. The number of benzene rings is 1. The Balaban J connectivity index is 1.97. The molecule has 2 rings (SSSR count). The predicted molar refractivity (Wildman–Crippen MR) is 193 cm³/mol. The zero-order valence-electron chi connectivity index (χ0n) is 30.7. The minimum Gasteiger partial charge on any atom is -0.445 e. The Hall–Kier alpha value is -4.74. The van der Waals surface area contributed by atoms with E-state index in [0.717, 1.165) is 4.90 Å². The second-order valence-corrected chi connectivity index (χ2v) is 13.5. The van der Waals surface area contributed by atoms with Gasteiger partial charge in [-0.1, -0.05) is 46.2 Å². The fraction of sp³-hybridized carbons (Fsp3) is 0.600. The highest BCUT2D eigenvalue weighted by atomic mass is 16.6. The van der Waals surface area contributed by atoms with Crippen LogP contribution in [0.25, 0.3) is 0 Å². The van der Waals surface area contributed by atoms with Crippen molar-refractivity contribution in [2.75, 3.05) is 25.5 Å². The number of urea groups is 1. The number of anilines is 1. The zero-order valence-corrected chi connectivity index (χ0v) is 30.7. The molecule has 290 valence electrons. The van der Waals surface area contributed by atoms with E-state index in [0.29, 0.717) is 49.9 Å². The molecule has 4 unspecified atom stereocenters. The SMILES string of the molecule is CC(C)C(NC(O)CCCCCN1C(=O)C=CC1O)C(=O)NC(CCCNC(N)=O)C(=O)Nc1ccc(COC(=O)N(C)[C@H](C(N)=O)C(C)C)cc1. The van der Waals surface area contributed by atoms with Crippen LogP contribution in [0.3, 0.4) is 0 Å². The number of nitrogens with one attached hydrogen (secondary N) is 4. The fourth-order valence-electron chi connectivity index (χ4n) is 5.69. The van der Waals surface area contributed by atoms with E-state index in [9.17, 15) is 39.0 Å². The van der Waals surface area contributed by atoms with E-state index in [4.69, 9.17) is 16.2 Å². The van der Waals surface area contributed by atoms with E-state index in [-0.39, 0.29) is 37.3 Å². The van der Waals surface area contributed by atoms with Crippen molar-refractivity contribution in [2.24, 2.45) is 23.3 Å². The molecule has 0 aromatic heterocycles. The Morgan fingerprint density at radius 2 is 1.62 bits per heavy atom. The van der Waals surface area contributed by atoms with Crippen molar-refractivity contribution in [3.8, 4) is 0 Å². The topological polar surface area (TPSA) is 259 Å². The van der Waals surface area contributed by atoms with E-state index < -0.39 is 60.4 Å². The van der Waals surface area contributed by atoms with Crippen LogP contribution >= 0.6 is 0 Å². The second kappa shape index (κ2) is 21.6. The first kappa shape index (κ1) is 43.4. The number of ether oxygens (including phenoxy) is 1. The van der Waals surface area contributed by atoms with Gasteiger partial charge in [-0.25, -0.2) is 9.59 Å². The van der Waals surface area contributed by atoms with Crippen molar-refractivity contribution in [1.29, 1.82) is 0 Å². The highest BCUT2D eigenvalue weighted by Gasteiger charge is 2.30. The summed E-state index contributed by atoms with van der Waals surface area (Å²) in [5.41, 5.74) is 11.6. The summed E-state index contributed by atoms with van der Waals surface area (Å²) >= 11 is 0. The molecular weight excluding hydrogens is 676 g/mol. The first-order valence-corrected chi connectivity index (χ1v) is 17.5. The molecule has 0 radical (unpaired) electrons. The molecule has 17 heteroatoms. The molecule has 7 amide bonds. The third-order valence-corrected chi connectivity index (χ3v) is 8.52. The van der Waals surface area contributed by atoms with Crippen LogP contribution in [0.4, 0.5) is 15.3 Å². The summed E-state index contributed by atoms with van der Waals surface area (Å²) < 4.78 is 5.33. The van der Waals surface area contributed by atoms with Crippen molar-refractivity contribution in [1.82, 2.24) is 25.8 Å². The van der Waals surface area contributed by atoms with Gasteiger partial charge in [-0.2, -0.15) is 0 Å². The Bertz CT molecular complexity index is 1390. The lowest BCUT2D eigenvalue weighted by Crippen LogP contribution is -2.55. The number of unbranched alkanes of at least 4 members (excludes halogenated alkanes) is 2. The first-order chi connectivity index (χ1) is 24.5.